The van der Waals surface area contributed by atoms with E-state index in [2.05, 4.69) is 10.4 Å². The smallest absolute Gasteiger partial charge is 0.351 e. The summed E-state index contributed by atoms with van der Waals surface area (Å²) >= 11 is 0. The number of aromatic nitrogens is 2. The van der Waals surface area contributed by atoms with Gasteiger partial charge in [-0.3, -0.25) is 9.48 Å². The molecule has 0 aliphatic carbocycles. The SMILES string of the molecule is C[C@H](Cn1cccn1)NC(=O)CC(F)(F)F. The predicted octanol–water partition coefficient (Wildman–Crippen LogP) is 1.34. The van der Waals surface area contributed by atoms with E-state index in [1.54, 1.807) is 30.1 Å². The second-order valence-electron chi connectivity index (χ2n) is 3.49. The maximum Gasteiger partial charge on any atom is 0.397 e. The molecule has 0 saturated carbocycles. The number of alkyl halides is 3. The largest absolute Gasteiger partial charge is 0.397 e. The molecule has 90 valence electrons. The summed E-state index contributed by atoms with van der Waals surface area (Å²) in [6.07, 6.45) is -2.68. The molecule has 1 amide bonds. The zero-order valence-electron chi connectivity index (χ0n) is 8.66. The monoisotopic (exact) mass is 235 g/mol. The maximum absolute atomic E-state index is 11.9. The zero-order valence-corrected chi connectivity index (χ0v) is 8.66. The standard InChI is InChI=1S/C9H12F3N3O/c1-7(6-15-4-2-3-13-15)14-8(16)5-9(10,11)12/h2-4,7H,5-6H2,1H3,(H,14,16)/t7-/m1/s1. The quantitative estimate of drug-likeness (QED) is 0.856. The van der Waals surface area contributed by atoms with Gasteiger partial charge in [-0.05, 0) is 13.0 Å². The lowest BCUT2D eigenvalue weighted by Gasteiger charge is -2.14. The van der Waals surface area contributed by atoms with Crippen molar-refractivity contribution in [2.75, 3.05) is 0 Å². The summed E-state index contributed by atoms with van der Waals surface area (Å²) in [7, 11) is 0. The van der Waals surface area contributed by atoms with Crippen LogP contribution in [0.4, 0.5) is 13.2 Å². The third-order valence-corrected chi connectivity index (χ3v) is 1.79. The van der Waals surface area contributed by atoms with Crippen LogP contribution in [0.1, 0.15) is 13.3 Å². The van der Waals surface area contributed by atoms with E-state index in [9.17, 15) is 18.0 Å². The molecular formula is C9H12F3N3O. The van der Waals surface area contributed by atoms with Crippen molar-refractivity contribution in [3.05, 3.63) is 18.5 Å². The van der Waals surface area contributed by atoms with Crippen molar-refractivity contribution in [3.63, 3.8) is 0 Å². The highest BCUT2D eigenvalue weighted by Crippen LogP contribution is 2.18. The first-order valence-corrected chi connectivity index (χ1v) is 4.70. The number of carbonyl (C=O) groups is 1. The van der Waals surface area contributed by atoms with Crippen LogP contribution >= 0.6 is 0 Å². The molecule has 0 radical (unpaired) electrons. The molecule has 0 unspecified atom stereocenters. The first-order chi connectivity index (χ1) is 7.37. The second kappa shape index (κ2) is 5.00. The van der Waals surface area contributed by atoms with Crippen molar-refractivity contribution < 1.29 is 18.0 Å². The molecule has 1 N–H and O–H groups in total. The molecule has 1 aromatic rings. The molecule has 0 spiro atoms. The molecular weight excluding hydrogens is 223 g/mol. The van der Waals surface area contributed by atoms with Crippen LogP contribution in [0.2, 0.25) is 0 Å². The van der Waals surface area contributed by atoms with E-state index >= 15 is 0 Å². The minimum atomic E-state index is -4.46. The molecule has 1 rings (SSSR count). The molecule has 4 nitrogen and oxygen atoms in total. The van der Waals surface area contributed by atoms with Crippen molar-refractivity contribution in [2.24, 2.45) is 0 Å². The van der Waals surface area contributed by atoms with Crippen LogP contribution in [-0.2, 0) is 11.3 Å². The van der Waals surface area contributed by atoms with Gasteiger partial charge in [-0.2, -0.15) is 18.3 Å². The van der Waals surface area contributed by atoms with Crippen molar-refractivity contribution in [1.82, 2.24) is 15.1 Å². The summed E-state index contributed by atoms with van der Waals surface area (Å²) in [5.41, 5.74) is 0. The third-order valence-electron chi connectivity index (χ3n) is 1.79. The number of hydrogen-bond donors (Lipinski definition) is 1. The Balaban J connectivity index is 2.34. The number of carbonyl (C=O) groups excluding carboxylic acids is 1. The van der Waals surface area contributed by atoms with Crippen LogP contribution in [0.25, 0.3) is 0 Å². The maximum atomic E-state index is 11.9. The Kier molecular flexibility index (Phi) is 3.92. The molecule has 0 saturated heterocycles. The lowest BCUT2D eigenvalue weighted by Crippen LogP contribution is -2.37. The van der Waals surface area contributed by atoms with Gasteiger partial charge in [0.05, 0.1) is 6.54 Å². The summed E-state index contributed by atoms with van der Waals surface area (Å²) in [6, 6.07) is 1.30. The molecule has 0 aromatic carbocycles. The summed E-state index contributed by atoms with van der Waals surface area (Å²) in [5.74, 6) is -1.02. The lowest BCUT2D eigenvalue weighted by molar-refractivity contribution is -0.154. The number of rotatable bonds is 4. The molecule has 0 aliphatic rings. The van der Waals surface area contributed by atoms with E-state index in [1.165, 1.54) is 0 Å². The van der Waals surface area contributed by atoms with Crippen LogP contribution in [-0.4, -0.2) is 27.9 Å². The average Bonchev–Trinajstić information content (AvgIpc) is 2.51. The van der Waals surface area contributed by atoms with Crippen LogP contribution in [0.3, 0.4) is 0 Å². The second-order valence-corrected chi connectivity index (χ2v) is 3.49. The fourth-order valence-electron chi connectivity index (χ4n) is 1.24. The highest BCUT2D eigenvalue weighted by molar-refractivity contribution is 5.76. The number of hydrogen-bond acceptors (Lipinski definition) is 2. The number of nitrogens with zero attached hydrogens (tertiary/aromatic N) is 2. The normalized spacial score (nSPS) is 13.5. The molecule has 1 aromatic heterocycles. The Hall–Kier alpha value is -1.53. The molecule has 0 bridgehead atoms. The summed E-state index contributed by atoms with van der Waals surface area (Å²) in [4.78, 5) is 10.9. The van der Waals surface area contributed by atoms with E-state index in [4.69, 9.17) is 0 Å². The Morgan fingerprint density at radius 2 is 2.25 bits per heavy atom. The van der Waals surface area contributed by atoms with Gasteiger partial charge in [0.1, 0.15) is 6.42 Å². The van der Waals surface area contributed by atoms with E-state index in [1.807, 2.05) is 0 Å². The number of amides is 1. The highest BCUT2D eigenvalue weighted by atomic mass is 19.4. The Bertz CT molecular complexity index is 334. The minimum absolute atomic E-state index is 0.344. The zero-order chi connectivity index (χ0) is 12.2. The minimum Gasteiger partial charge on any atom is -0.351 e. The molecule has 1 heterocycles. The Morgan fingerprint density at radius 3 is 2.75 bits per heavy atom. The van der Waals surface area contributed by atoms with Gasteiger partial charge >= 0.3 is 6.18 Å². The molecule has 0 fully saturated rings. The van der Waals surface area contributed by atoms with Crippen molar-refractivity contribution in [1.29, 1.82) is 0 Å². The van der Waals surface area contributed by atoms with Gasteiger partial charge in [0.25, 0.3) is 0 Å². The number of halogens is 3. The van der Waals surface area contributed by atoms with Crippen molar-refractivity contribution in [3.8, 4) is 0 Å². The Morgan fingerprint density at radius 1 is 1.56 bits per heavy atom. The van der Waals surface area contributed by atoms with E-state index in [0.717, 1.165) is 0 Å². The Labute approximate surface area is 90.4 Å². The van der Waals surface area contributed by atoms with Gasteiger partial charge in [-0.15, -0.1) is 0 Å². The number of nitrogens with one attached hydrogen (secondary N) is 1. The molecule has 0 aliphatic heterocycles. The third kappa shape index (κ3) is 4.81. The summed E-state index contributed by atoms with van der Waals surface area (Å²) in [6.45, 7) is 1.96. The predicted molar refractivity (Wildman–Crippen MR) is 50.5 cm³/mol. The van der Waals surface area contributed by atoms with Crippen LogP contribution in [0.15, 0.2) is 18.5 Å². The first kappa shape index (κ1) is 12.5. The van der Waals surface area contributed by atoms with E-state index < -0.39 is 24.5 Å². The van der Waals surface area contributed by atoms with Crippen molar-refractivity contribution >= 4 is 5.91 Å². The molecule has 1 atom stereocenters. The topological polar surface area (TPSA) is 46.9 Å². The highest BCUT2D eigenvalue weighted by Gasteiger charge is 2.31. The van der Waals surface area contributed by atoms with Crippen LogP contribution in [0, 0.1) is 0 Å². The molecule has 16 heavy (non-hydrogen) atoms. The first-order valence-electron chi connectivity index (χ1n) is 4.70. The molecule has 7 heteroatoms. The van der Waals surface area contributed by atoms with Crippen molar-refractivity contribution in [2.45, 2.75) is 32.1 Å². The van der Waals surface area contributed by atoms with Gasteiger partial charge in [0.2, 0.25) is 5.91 Å². The van der Waals surface area contributed by atoms with Gasteiger partial charge in [-0.1, -0.05) is 0 Å². The van der Waals surface area contributed by atoms with Crippen LogP contribution in [0.5, 0.6) is 0 Å². The summed E-state index contributed by atoms with van der Waals surface area (Å²) in [5, 5.41) is 6.14. The van der Waals surface area contributed by atoms with E-state index in [0.29, 0.717) is 6.54 Å². The van der Waals surface area contributed by atoms with E-state index in [-0.39, 0.29) is 0 Å². The van der Waals surface area contributed by atoms with Crippen LogP contribution < -0.4 is 5.32 Å². The lowest BCUT2D eigenvalue weighted by atomic mass is 10.3. The summed E-state index contributed by atoms with van der Waals surface area (Å²) < 4.78 is 37.1. The van der Waals surface area contributed by atoms with Gasteiger partial charge in [0, 0.05) is 18.4 Å². The fourth-order valence-corrected chi connectivity index (χ4v) is 1.24. The average molecular weight is 235 g/mol. The van der Waals surface area contributed by atoms with Gasteiger partial charge in [-0.25, -0.2) is 0 Å². The van der Waals surface area contributed by atoms with Gasteiger partial charge in [0.15, 0.2) is 0 Å². The van der Waals surface area contributed by atoms with Gasteiger partial charge < -0.3 is 5.32 Å². The fraction of sp³-hybridized carbons (Fsp3) is 0.556.